The van der Waals surface area contributed by atoms with Crippen molar-refractivity contribution in [2.24, 2.45) is 11.7 Å². The van der Waals surface area contributed by atoms with E-state index in [2.05, 4.69) is 5.32 Å². The van der Waals surface area contributed by atoms with Crippen LogP contribution < -0.4 is 11.1 Å². The molecule has 4 nitrogen and oxygen atoms in total. The predicted octanol–water partition coefficient (Wildman–Crippen LogP) is 0.883. The van der Waals surface area contributed by atoms with Crippen molar-refractivity contribution in [1.82, 2.24) is 5.32 Å². The number of aliphatic hydroxyl groups is 1. The molecule has 1 aromatic heterocycles. The smallest absolute Gasteiger partial charge is 0.242 e. The Morgan fingerprint density at radius 1 is 1.69 bits per heavy atom. The molecule has 0 aliphatic rings. The van der Waals surface area contributed by atoms with E-state index < -0.39 is 6.04 Å². The van der Waals surface area contributed by atoms with Crippen molar-refractivity contribution in [1.29, 1.82) is 0 Å². The largest absolute Gasteiger partial charge is 0.396 e. The Balaban J connectivity index is 2.35. The first kappa shape index (κ1) is 13.2. The summed E-state index contributed by atoms with van der Waals surface area (Å²) in [7, 11) is 0. The molecule has 0 aliphatic carbocycles. The second kappa shape index (κ2) is 6.62. The van der Waals surface area contributed by atoms with Crippen molar-refractivity contribution in [2.75, 3.05) is 13.2 Å². The van der Waals surface area contributed by atoms with Gasteiger partial charge in [0.25, 0.3) is 0 Å². The van der Waals surface area contributed by atoms with E-state index in [1.54, 1.807) is 0 Å². The number of nitrogens with one attached hydrogen (secondary N) is 1. The van der Waals surface area contributed by atoms with E-state index in [1.165, 1.54) is 11.3 Å². The van der Waals surface area contributed by atoms with Gasteiger partial charge in [-0.25, -0.2) is 0 Å². The number of carbonyl (C=O) groups excluding carboxylic acids is 1. The SMILES string of the molecule is CC(CCO)CNC(=O)C(N)c1cccs1. The molecule has 0 radical (unpaired) electrons. The van der Waals surface area contributed by atoms with Crippen molar-refractivity contribution < 1.29 is 9.90 Å². The minimum atomic E-state index is -0.582. The van der Waals surface area contributed by atoms with Gasteiger partial charge < -0.3 is 16.2 Å². The summed E-state index contributed by atoms with van der Waals surface area (Å²) in [4.78, 5) is 12.5. The molecule has 2 unspecified atom stereocenters. The molecule has 1 rings (SSSR count). The molecule has 1 amide bonds. The Bertz CT molecular complexity index is 314. The third-order valence-electron chi connectivity index (χ3n) is 2.38. The normalized spacial score (nSPS) is 14.4. The van der Waals surface area contributed by atoms with E-state index in [4.69, 9.17) is 10.8 Å². The third kappa shape index (κ3) is 3.92. The maximum absolute atomic E-state index is 11.7. The van der Waals surface area contributed by atoms with Crippen LogP contribution in [0.4, 0.5) is 0 Å². The highest BCUT2D eigenvalue weighted by molar-refractivity contribution is 7.10. The van der Waals surface area contributed by atoms with E-state index in [0.717, 1.165) is 4.88 Å². The average molecular weight is 242 g/mol. The minimum absolute atomic E-state index is 0.147. The van der Waals surface area contributed by atoms with Crippen LogP contribution in [0.2, 0.25) is 0 Å². The Morgan fingerprint density at radius 3 is 3.00 bits per heavy atom. The summed E-state index contributed by atoms with van der Waals surface area (Å²) >= 11 is 1.48. The zero-order chi connectivity index (χ0) is 12.0. The second-order valence-electron chi connectivity index (χ2n) is 3.86. The lowest BCUT2D eigenvalue weighted by Crippen LogP contribution is -2.36. The Kier molecular flexibility index (Phi) is 5.45. The molecular formula is C11H18N2O2S. The van der Waals surface area contributed by atoms with Gasteiger partial charge in [0.15, 0.2) is 0 Å². The molecule has 5 heteroatoms. The van der Waals surface area contributed by atoms with Gasteiger partial charge >= 0.3 is 0 Å². The van der Waals surface area contributed by atoms with Crippen LogP contribution in [0.3, 0.4) is 0 Å². The summed E-state index contributed by atoms with van der Waals surface area (Å²) in [6.07, 6.45) is 0.689. The number of thiophene rings is 1. The lowest BCUT2D eigenvalue weighted by Gasteiger charge is -2.14. The predicted molar refractivity (Wildman–Crippen MR) is 65.1 cm³/mol. The van der Waals surface area contributed by atoms with Crippen molar-refractivity contribution in [3.8, 4) is 0 Å². The summed E-state index contributed by atoms with van der Waals surface area (Å²) in [6, 6.07) is 3.15. The van der Waals surface area contributed by atoms with E-state index in [9.17, 15) is 4.79 Å². The zero-order valence-electron chi connectivity index (χ0n) is 9.35. The first-order chi connectivity index (χ1) is 7.65. The fourth-order valence-electron chi connectivity index (χ4n) is 1.30. The van der Waals surface area contributed by atoms with Gasteiger partial charge in [-0.15, -0.1) is 11.3 Å². The van der Waals surface area contributed by atoms with Crippen LogP contribution in [-0.4, -0.2) is 24.2 Å². The highest BCUT2D eigenvalue weighted by Gasteiger charge is 2.16. The summed E-state index contributed by atoms with van der Waals surface area (Å²) in [5, 5.41) is 13.4. The van der Waals surface area contributed by atoms with Crippen LogP contribution in [0.5, 0.6) is 0 Å². The highest BCUT2D eigenvalue weighted by atomic mass is 32.1. The number of carbonyl (C=O) groups is 1. The highest BCUT2D eigenvalue weighted by Crippen LogP contribution is 2.16. The maximum atomic E-state index is 11.7. The van der Waals surface area contributed by atoms with Crippen LogP contribution in [0.1, 0.15) is 24.3 Å². The average Bonchev–Trinajstić information content (AvgIpc) is 2.78. The molecular weight excluding hydrogens is 224 g/mol. The minimum Gasteiger partial charge on any atom is -0.396 e. The van der Waals surface area contributed by atoms with Crippen LogP contribution in [0, 0.1) is 5.92 Å². The van der Waals surface area contributed by atoms with Gasteiger partial charge in [0.2, 0.25) is 5.91 Å². The topological polar surface area (TPSA) is 75.3 Å². The van der Waals surface area contributed by atoms with Crippen LogP contribution in [0.15, 0.2) is 17.5 Å². The molecule has 4 N–H and O–H groups in total. The summed E-state index contributed by atoms with van der Waals surface area (Å²) in [6.45, 7) is 2.68. The summed E-state index contributed by atoms with van der Waals surface area (Å²) in [5.41, 5.74) is 5.79. The molecule has 0 spiro atoms. The van der Waals surface area contributed by atoms with Gasteiger partial charge in [-0.1, -0.05) is 13.0 Å². The van der Waals surface area contributed by atoms with E-state index >= 15 is 0 Å². The maximum Gasteiger partial charge on any atom is 0.242 e. The lowest BCUT2D eigenvalue weighted by molar-refractivity contribution is -0.122. The Morgan fingerprint density at radius 2 is 2.44 bits per heavy atom. The molecule has 0 saturated heterocycles. The number of hydrogen-bond acceptors (Lipinski definition) is 4. The number of aliphatic hydroxyl groups excluding tert-OH is 1. The molecule has 90 valence electrons. The summed E-state index contributed by atoms with van der Waals surface area (Å²) < 4.78 is 0. The lowest BCUT2D eigenvalue weighted by atomic mass is 10.1. The molecule has 0 bridgehead atoms. The molecule has 0 aromatic carbocycles. The van der Waals surface area contributed by atoms with E-state index in [1.807, 2.05) is 24.4 Å². The quantitative estimate of drug-likeness (QED) is 0.693. The van der Waals surface area contributed by atoms with Crippen molar-refractivity contribution in [3.63, 3.8) is 0 Å². The van der Waals surface area contributed by atoms with Gasteiger partial charge in [0.1, 0.15) is 6.04 Å². The first-order valence-corrected chi connectivity index (χ1v) is 6.20. The molecule has 2 atom stereocenters. The fourth-order valence-corrected chi connectivity index (χ4v) is 2.03. The van der Waals surface area contributed by atoms with Gasteiger partial charge in [0, 0.05) is 18.0 Å². The summed E-state index contributed by atoms with van der Waals surface area (Å²) in [5.74, 6) is 0.108. The van der Waals surface area contributed by atoms with Crippen molar-refractivity contribution >= 4 is 17.2 Å². The van der Waals surface area contributed by atoms with Gasteiger partial charge in [0.05, 0.1) is 0 Å². The second-order valence-corrected chi connectivity index (χ2v) is 4.83. The van der Waals surface area contributed by atoms with Crippen LogP contribution >= 0.6 is 11.3 Å². The molecule has 0 saturated carbocycles. The van der Waals surface area contributed by atoms with Crippen molar-refractivity contribution in [2.45, 2.75) is 19.4 Å². The van der Waals surface area contributed by atoms with Gasteiger partial charge in [-0.3, -0.25) is 4.79 Å². The number of amides is 1. The van der Waals surface area contributed by atoms with Crippen molar-refractivity contribution in [3.05, 3.63) is 22.4 Å². The number of rotatable bonds is 6. The van der Waals surface area contributed by atoms with Gasteiger partial charge in [-0.05, 0) is 23.8 Å². The number of nitrogens with two attached hydrogens (primary N) is 1. The molecule has 0 aliphatic heterocycles. The van der Waals surface area contributed by atoms with E-state index in [-0.39, 0.29) is 18.4 Å². The van der Waals surface area contributed by atoms with Crippen LogP contribution in [-0.2, 0) is 4.79 Å². The van der Waals surface area contributed by atoms with E-state index in [0.29, 0.717) is 13.0 Å². The molecule has 1 aromatic rings. The molecule has 1 heterocycles. The van der Waals surface area contributed by atoms with Gasteiger partial charge in [-0.2, -0.15) is 0 Å². The first-order valence-electron chi connectivity index (χ1n) is 5.32. The standard InChI is InChI=1S/C11H18N2O2S/c1-8(4-5-14)7-13-11(15)10(12)9-3-2-6-16-9/h2-3,6,8,10,14H,4-5,7,12H2,1H3,(H,13,15). The molecule has 16 heavy (non-hydrogen) atoms. The third-order valence-corrected chi connectivity index (χ3v) is 3.33. The Labute approximate surface area is 99.5 Å². The Hall–Kier alpha value is -0.910. The molecule has 0 fully saturated rings. The monoisotopic (exact) mass is 242 g/mol. The number of hydrogen-bond donors (Lipinski definition) is 3. The van der Waals surface area contributed by atoms with Crippen LogP contribution in [0.25, 0.3) is 0 Å². The zero-order valence-corrected chi connectivity index (χ0v) is 10.2. The fraction of sp³-hybridized carbons (Fsp3) is 0.545.